The fraction of sp³-hybridized carbons (Fsp3) is 0.167. The second kappa shape index (κ2) is 7.38. The van der Waals surface area contributed by atoms with Crippen LogP contribution in [-0.4, -0.2) is 18.9 Å². The normalized spacial score (nSPS) is 13.8. The van der Waals surface area contributed by atoms with E-state index in [2.05, 4.69) is 10.5 Å². The molecule has 6 nitrogen and oxygen atoms in total. The summed E-state index contributed by atoms with van der Waals surface area (Å²) in [6.07, 6.45) is -0.266. The summed E-state index contributed by atoms with van der Waals surface area (Å²) in [5.41, 5.74) is 6.29. The van der Waals surface area contributed by atoms with Crippen LogP contribution in [0.5, 0.6) is 0 Å². The van der Waals surface area contributed by atoms with E-state index in [4.69, 9.17) is 20.0 Å². The lowest BCUT2D eigenvalue weighted by Crippen LogP contribution is -1.97. The van der Waals surface area contributed by atoms with Crippen LogP contribution in [0.2, 0.25) is 0 Å². The van der Waals surface area contributed by atoms with Crippen LogP contribution in [0.1, 0.15) is 11.9 Å². The van der Waals surface area contributed by atoms with Crippen LogP contribution < -0.4 is 5.43 Å². The van der Waals surface area contributed by atoms with Crippen molar-refractivity contribution in [2.24, 2.45) is 5.10 Å². The molecule has 0 bridgehead atoms. The summed E-state index contributed by atoms with van der Waals surface area (Å²) in [7, 11) is 0. The molecule has 1 heterocycles. The van der Waals surface area contributed by atoms with Gasteiger partial charge in [-0.15, -0.1) is 0 Å². The molecule has 1 saturated heterocycles. The van der Waals surface area contributed by atoms with Crippen LogP contribution in [-0.2, 0) is 9.47 Å². The summed E-state index contributed by atoms with van der Waals surface area (Å²) in [5, 5.41) is 21.0. The molecular formula is C18H14N4O2. The number of nitrogens with zero attached hydrogens (tertiary/aromatic N) is 3. The van der Waals surface area contributed by atoms with Crippen molar-refractivity contribution in [3.8, 4) is 23.3 Å². The molecule has 1 N–H and O–H groups in total. The largest absolute Gasteiger partial charge is 0.346 e. The summed E-state index contributed by atoms with van der Waals surface area (Å²) in [4.78, 5) is 0. The fourth-order valence-electron chi connectivity index (χ4n) is 2.32. The monoisotopic (exact) mass is 318 g/mol. The molecule has 3 rings (SSSR count). The van der Waals surface area contributed by atoms with Crippen LogP contribution in [0, 0.1) is 22.7 Å². The number of benzene rings is 2. The highest BCUT2D eigenvalue weighted by atomic mass is 16.7. The molecule has 0 aromatic heterocycles. The van der Waals surface area contributed by atoms with E-state index >= 15 is 0 Å². The quantitative estimate of drug-likeness (QED) is 0.690. The highest BCUT2D eigenvalue weighted by Crippen LogP contribution is 2.27. The van der Waals surface area contributed by atoms with E-state index in [0.717, 1.165) is 16.7 Å². The van der Waals surface area contributed by atoms with E-state index in [1.54, 1.807) is 12.1 Å². The molecule has 2 aromatic rings. The maximum absolute atomic E-state index is 8.64. The van der Waals surface area contributed by atoms with Crippen LogP contribution in [0.3, 0.4) is 0 Å². The minimum Gasteiger partial charge on any atom is -0.346 e. The fourth-order valence-corrected chi connectivity index (χ4v) is 2.32. The number of hydrogen-bond acceptors (Lipinski definition) is 6. The topological polar surface area (TPSA) is 90.4 Å². The van der Waals surface area contributed by atoms with Crippen molar-refractivity contribution < 1.29 is 9.47 Å². The lowest BCUT2D eigenvalue weighted by molar-refractivity contribution is -0.0441. The Bertz CT molecular complexity index is 792. The Kier molecular flexibility index (Phi) is 4.83. The van der Waals surface area contributed by atoms with Crippen LogP contribution in [0.4, 0.5) is 5.69 Å². The maximum atomic E-state index is 8.64. The van der Waals surface area contributed by atoms with E-state index < -0.39 is 0 Å². The van der Waals surface area contributed by atoms with Crippen molar-refractivity contribution in [3.63, 3.8) is 0 Å². The van der Waals surface area contributed by atoms with Gasteiger partial charge in [0.05, 0.1) is 18.9 Å². The summed E-state index contributed by atoms with van der Waals surface area (Å²) >= 11 is 0. The highest BCUT2D eigenvalue weighted by molar-refractivity contribution is 6.10. The zero-order valence-corrected chi connectivity index (χ0v) is 12.8. The predicted octanol–water partition coefficient (Wildman–Crippen LogP) is 3.21. The molecule has 2 aromatic carbocycles. The summed E-state index contributed by atoms with van der Waals surface area (Å²) < 4.78 is 11.0. The van der Waals surface area contributed by atoms with Gasteiger partial charge in [-0.25, -0.2) is 0 Å². The van der Waals surface area contributed by atoms with E-state index in [-0.39, 0.29) is 12.0 Å². The SMILES string of the molecule is N#CC(C#N)=NNc1ccc(-c2ccc(C3OCCO3)cc2)cc1. The molecule has 0 spiro atoms. The summed E-state index contributed by atoms with van der Waals surface area (Å²) in [5.74, 6) is 0. The van der Waals surface area contributed by atoms with Gasteiger partial charge in [0.25, 0.3) is 0 Å². The third-order valence-electron chi connectivity index (χ3n) is 3.53. The minimum atomic E-state index is -0.266. The second-order valence-electron chi connectivity index (χ2n) is 5.07. The molecule has 0 atom stereocenters. The predicted molar refractivity (Wildman–Crippen MR) is 88.8 cm³/mol. The Morgan fingerprint density at radius 3 is 2.00 bits per heavy atom. The molecule has 1 fully saturated rings. The van der Waals surface area contributed by atoms with Crippen molar-refractivity contribution in [2.75, 3.05) is 18.6 Å². The molecule has 0 unspecified atom stereocenters. The Morgan fingerprint density at radius 1 is 0.917 bits per heavy atom. The summed E-state index contributed by atoms with van der Waals surface area (Å²) in [6, 6.07) is 19.0. The number of hydrazone groups is 1. The molecule has 0 radical (unpaired) electrons. The van der Waals surface area contributed by atoms with E-state index in [9.17, 15) is 0 Å². The molecule has 6 heteroatoms. The number of ether oxygens (including phenoxy) is 2. The number of nitriles is 2. The Hall–Kier alpha value is -3.19. The number of hydrogen-bond donors (Lipinski definition) is 1. The molecule has 24 heavy (non-hydrogen) atoms. The van der Waals surface area contributed by atoms with E-state index in [1.165, 1.54) is 0 Å². The first kappa shape index (κ1) is 15.7. The summed E-state index contributed by atoms with van der Waals surface area (Å²) in [6.45, 7) is 1.26. The average molecular weight is 318 g/mol. The zero-order chi connectivity index (χ0) is 16.8. The van der Waals surface area contributed by atoms with Gasteiger partial charge in [-0.2, -0.15) is 15.6 Å². The lowest BCUT2D eigenvalue weighted by Gasteiger charge is -2.10. The van der Waals surface area contributed by atoms with Crippen molar-refractivity contribution in [1.82, 2.24) is 0 Å². The molecule has 0 amide bonds. The van der Waals surface area contributed by atoms with Gasteiger partial charge in [0.2, 0.25) is 5.71 Å². The average Bonchev–Trinajstić information content (AvgIpc) is 3.18. The third kappa shape index (κ3) is 3.58. The smallest absolute Gasteiger partial charge is 0.237 e. The number of rotatable bonds is 4. The van der Waals surface area contributed by atoms with E-state index in [1.807, 2.05) is 48.5 Å². The maximum Gasteiger partial charge on any atom is 0.237 e. The van der Waals surface area contributed by atoms with Crippen molar-refractivity contribution in [1.29, 1.82) is 10.5 Å². The Morgan fingerprint density at radius 2 is 1.46 bits per heavy atom. The van der Waals surface area contributed by atoms with Gasteiger partial charge in [0.1, 0.15) is 12.1 Å². The highest BCUT2D eigenvalue weighted by Gasteiger charge is 2.17. The van der Waals surface area contributed by atoms with Crippen molar-refractivity contribution >= 4 is 11.4 Å². The molecule has 0 saturated carbocycles. The zero-order valence-electron chi connectivity index (χ0n) is 12.8. The van der Waals surface area contributed by atoms with Gasteiger partial charge < -0.3 is 9.47 Å². The first-order valence-corrected chi connectivity index (χ1v) is 7.37. The van der Waals surface area contributed by atoms with Crippen LogP contribution >= 0.6 is 0 Å². The standard InChI is InChI=1S/C18H14N4O2/c19-11-17(12-20)22-21-16-7-5-14(6-8-16)13-1-3-15(4-2-13)18-23-9-10-24-18/h1-8,18,21H,9-10H2. The molecule has 1 aliphatic heterocycles. The molecule has 1 aliphatic rings. The molecule has 0 aliphatic carbocycles. The van der Waals surface area contributed by atoms with Crippen LogP contribution in [0.15, 0.2) is 53.6 Å². The second-order valence-corrected chi connectivity index (χ2v) is 5.07. The Labute approximate surface area is 139 Å². The van der Waals surface area contributed by atoms with Crippen LogP contribution in [0.25, 0.3) is 11.1 Å². The van der Waals surface area contributed by atoms with Gasteiger partial charge in [-0.1, -0.05) is 36.4 Å². The molecular weight excluding hydrogens is 304 g/mol. The van der Waals surface area contributed by atoms with Gasteiger partial charge in [-0.05, 0) is 23.3 Å². The lowest BCUT2D eigenvalue weighted by atomic mass is 10.0. The van der Waals surface area contributed by atoms with Gasteiger partial charge in [0, 0.05) is 5.56 Å². The third-order valence-corrected chi connectivity index (χ3v) is 3.53. The van der Waals surface area contributed by atoms with Gasteiger partial charge in [0.15, 0.2) is 6.29 Å². The molecule has 118 valence electrons. The number of nitrogens with one attached hydrogen (secondary N) is 1. The van der Waals surface area contributed by atoms with E-state index in [0.29, 0.717) is 18.9 Å². The first-order chi connectivity index (χ1) is 11.8. The first-order valence-electron chi connectivity index (χ1n) is 7.37. The Balaban J connectivity index is 1.70. The van der Waals surface area contributed by atoms with Gasteiger partial charge >= 0.3 is 0 Å². The minimum absolute atomic E-state index is 0.217. The van der Waals surface area contributed by atoms with Crippen molar-refractivity contribution in [3.05, 3.63) is 54.1 Å². The van der Waals surface area contributed by atoms with Crippen molar-refractivity contribution in [2.45, 2.75) is 6.29 Å². The number of anilines is 1. The van der Waals surface area contributed by atoms with Gasteiger partial charge in [-0.3, -0.25) is 5.43 Å².